The number of hydrogen-bond acceptors (Lipinski definition) is 10. The van der Waals surface area contributed by atoms with Gasteiger partial charge in [-0.25, -0.2) is 22.8 Å². The number of hydrogen-bond donors (Lipinski definition) is 0. The van der Waals surface area contributed by atoms with Crippen LogP contribution in [-0.4, -0.2) is 66.3 Å². The van der Waals surface area contributed by atoms with Crippen LogP contribution in [-0.2, 0) is 20.3 Å². The summed E-state index contributed by atoms with van der Waals surface area (Å²) in [5.41, 5.74) is 0.421. The largest absolute Gasteiger partial charge is 0.494 e. The molecule has 1 aromatic carbocycles. The van der Waals surface area contributed by atoms with Gasteiger partial charge in [0.05, 0.1) is 31.9 Å². The molecule has 0 fully saturated rings. The Kier molecular flexibility index (Phi) is 8.60. The SMILES string of the molecule is COCC[C@@H]([C@H](C)c1ncc(F)cn1)S(=O)(=O)Cc1nnc(-c2ccc(C)o2)n1-c1c(OC)cccc1OC. The molecule has 0 aliphatic carbocycles. The second kappa shape index (κ2) is 11.9. The zero-order chi connectivity index (χ0) is 28.2. The van der Waals surface area contributed by atoms with Crippen LogP contribution in [0.3, 0.4) is 0 Å². The summed E-state index contributed by atoms with van der Waals surface area (Å²) < 4.78 is 65.2. The van der Waals surface area contributed by atoms with Gasteiger partial charge in [0.2, 0.25) is 5.82 Å². The summed E-state index contributed by atoms with van der Waals surface area (Å²) in [5.74, 6) is 0.728. The minimum atomic E-state index is -3.93. The van der Waals surface area contributed by atoms with Crippen LogP contribution < -0.4 is 9.47 Å². The van der Waals surface area contributed by atoms with E-state index in [2.05, 4.69) is 20.2 Å². The molecule has 4 aromatic rings. The summed E-state index contributed by atoms with van der Waals surface area (Å²) in [5, 5.41) is 7.61. The zero-order valence-electron chi connectivity index (χ0n) is 22.3. The maximum atomic E-state index is 14.0. The van der Waals surface area contributed by atoms with Crippen molar-refractivity contribution in [3.05, 3.63) is 66.0 Å². The lowest BCUT2D eigenvalue weighted by Gasteiger charge is -2.23. The fraction of sp³-hybridized carbons (Fsp3) is 0.385. The Balaban J connectivity index is 1.84. The molecule has 0 bridgehead atoms. The fourth-order valence-corrected chi connectivity index (χ4v) is 6.36. The molecule has 208 valence electrons. The lowest BCUT2D eigenvalue weighted by atomic mass is 10.0. The Bertz CT molecular complexity index is 1500. The van der Waals surface area contributed by atoms with Crippen molar-refractivity contribution < 1.29 is 31.4 Å². The first-order chi connectivity index (χ1) is 18.7. The Labute approximate surface area is 225 Å². The van der Waals surface area contributed by atoms with Crippen LogP contribution in [0.15, 0.2) is 47.1 Å². The predicted octanol–water partition coefficient (Wildman–Crippen LogP) is 3.91. The van der Waals surface area contributed by atoms with Gasteiger partial charge >= 0.3 is 0 Å². The van der Waals surface area contributed by atoms with E-state index in [-0.39, 0.29) is 30.5 Å². The first kappa shape index (κ1) is 28.2. The molecular formula is C26H30FN5O6S. The van der Waals surface area contributed by atoms with Gasteiger partial charge in [0.15, 0.2) is 27.2 Å². The number of methoxy groups -OCH3 is 3. The molecule has 0 saturated carbocycles. The Morgan fingerprint density at radius 1 is 1.03 bits per heavy atom. The quantitative estimate of drug-likeness (QED) is 0.252. The highest BCUT2D eigenvalue weighted by atomic mass is 32.2. The second-order valence-corrected chi connectivity index (χ2v) is 11.1. The van der Waals surface area contributed by atoms with E-state index in [9.17, 15) is 12.8 Å². The summed E-state index contributed by atoms with van der Waals surface area (Å²) in [6, 6.07) is 8.70. The van der Waals surface area contributed by atoms with E-state index in [1.807, 2.05) is 0 Å². The average Bonchev–Trinajstić information content (AvgIpc) is 3.53. The fourth-order valence-electron chi connectivity index (χ4n) is 4.40. The summed E-state index contributed by atoms with van der Waals surface area (Å²) >= 11 is 0. The summed E-state index contributed by atoms with van der Waals surface area (Å²) in [6.07, 6.45) is 2.19. The molecule has 0 saturated heterocycles. The van der Waals surface area contributed by atoms with Crippen molar-refractivity contribution in [2.45, 2.75) is 37.2 Å². The highest BCUT2D eigenvalue weighted by Gasteiger charge is 2.36. The van der Waals surface area contributed by atoms with Gasteiger partial charge in [-0.1, -0.05) is 13.0 Å². The predicted molar refractivity (Wildman–Crippen MR) is 140 cm³/mol. The number of benzene rings is 1. The number of rotatable bonds is 12. The molecule has 4 rings (SSSR count). The van der Waals surface area contributed by atoms with E-state index >= 15 is 0 Å². The number of aromatic nitrogens is 5. The summed E-state index contributed by atoms with van der Waals surface area (Å²) in [4.78, 5) is 8.03. The smallest absolute Gasteiger partial charge is 0.204 e. The first-order valence-corrected chi connectivity index (χ1v) is 13.8. The summed E-state index contributed by atoms with van der Waals surface area (Å²) in [6.45, 7) is 3.66. The van der Waals surface area contributed by atoms with Crippen molar-refractivity contribution in [1.82, 2.24) is 24.7 Å². The number of halogens is 1. The lowest BCUT2D eigenvalue weighted by molar-refractivity contribution is 0.191. The van der Waals surface area contributed by atoms with Crippen LogP contribution >= 0.6 is 0 Å². The van der Waals surface area contributed by atoms with Crippen molar-refractivity contribution in [3.63, 3.8) is 0 Å². The van der Waals surface area contributed by atoms with Crippen molar-refractivity contribution in [3.8, 4) is 28.8 Å². The highest BCUT2D eigenvalue weighted by Crippen LogP contribution is 2.37. The van der Waals surface area contributed by atoms with E-state index in [0.717, 1.165) is 12.4 Å². The van der Waals surface area contributed by atoms with Crippen LogP contribution in [0, 0.1) is 12.7 Å². The highest BCUT2D eigenvalue weighted by molar-refractivity contribution is 7.91. The third-order valence-corrected chi connectivity index (χ3v) is 8.55. The third kappa shape index (κ3) is 5.93. The maximum Gasteiger partial charge on any atom is 0.204 e. The molecule has 13 heteroatoms. The third-order valence-electron chi connectivity index (χ3n) is 6.32. The standard InChI is InChI=1S/C26H30FN5O6S/c1-16-9-10-21(38-16)26-31-30-23(32(26)24-19(36-4)7-6-8-20(24)37-5)15-39(33,34)22(11-12-35-3)17(2)25-28-13-18(27)14-29-25/h6-10,13-14,17,22H,11-12,15H2,1-5H3/t17-,22-/m0/s1. The topological polar surface area (TPSA) is 131 Å². The van der Waals surface area contributed by atoms with Gasteiger partial charge < -0.3 is 18.6 Å². The normalized spacial score (nSPS) is 13.3. The van der Waals surface area contributed by atoms with Crippen molar-refractivity contribution in [2.75, 3.05) is 27.9 Å². The maximum absolute atomic E-state index is 14.0. The molecule has 3 heterocycles. The van der Waals surface area contributed by atoms with Crippen molar-refractivity contribution in [1.29, 1.82) is 0 Å². The Hall–Kier alpha value is -3.84. The minimum Gasteiger partial charge on any atom is -0.494 e. The molecule has 0 radical (unpaired) electrons. The molecule has 0 aliphatic rings. The number of para-hydroxylation sites is 1. The van der Waals surface area contributed by atoms with Gasteiger partial charge in [0.1, 0.15) is 34.5 Å². The molecule has 0 aliphatic heterocycles. The first-order valence-electron chi connectivity index (χ1n) is 12.1. The Morgan fingerprint density at radius 2 is 1.69 bits per heavy atom. The van der Waals surface area contributed by atoms with E-state index in [1.165, 1.54) is 21.3 Å². The molecule has 0 spiro atoms. The van der Waals surface area contributed by atoms with Gasteiger partial charge in [-0.3, -0.25) is 4.57 Å². The van der Waals surface area contributed by atoms with Crippen LogP contribution in [0.1, 0.15) is 36.7 Å². The van der Waals surface area contributed by atoms with Crippen molar-refractivity contribution in [2.24, 2.45) is 0 Å². The molecule has 39 heavy (non-hydrogen) atoms. The monoisotopic (exact) mass is 559 g/mol. The van der Waals surface area contributed by atoms with Crippen LogP contribution in [0.2, 0.25) is 0 Å². The second-order valence-electron chi connectivity index (χ2n) is 8.87. The van der Waals surface area contributed by atoms with Crippen molar-refractivity contribution >= 4 is 9.84 Å². The number of aryl methyl sites for hydroxylation is 1. The molecule has 2 atom stereocenters. The van der Waals surface area contributed by atoms with Gasteiger partial charge in [-0.2, -0.15) is 0 Å². The van der Waals surface area contributed by atoms with Gasteiger partial charge in [0, 0.05) is 19.6 Å². The lowest BCUT2D eigenvalue weighted by Crippen LogP contribution is -2.31. The molecule has 3 aromatic heterocycles. The van der Waals surface area contributed by atoms with Crippen LogP contribution in [0.25, 0.3) is 17.3 Å². The van der Waals surface area contributed by atoms with Gasteiger partial charge in [0.25, 0.3) is 0 Å². The molecular weight excluding hydrogens is 529 g/mol. The van der Waals surface area contributed by atoms with E-state index in [0.29, 0.717) is 28.7 Å². The molecule has 0 N–H and O–H groups in total. The van der Waals surface area contributed by atoms with Crippen LogP contribution in [0.5, 0.6) is 11.5 Å². The Morgan fingerprint density at radius 3 is 2.26 bits per heavy atom. The number of sulfone groups is 1. The average molecular weight is 560 g/mol. The zero-order valence-corrected chi connectivity index (χ0v) is 23.1. The molecule has 0 unspecified atom stereocenters. The number of furan rings is 1. The van der Waals surface area contributed by atoms with Crippen LogP contribution in [0.4, 0.5) is 4.39 Å². The van der Waals surface area contributed by atoms with E-state index < -0.39 is 32.6 Å². The van der Waals surface area contributed by atoms with Gasteiger partial charge in [-0.05, 0) is 37.6 Å². The van der Waals surface area contributed by atoms with E-state index in [1.54, 1.807) is 48.7 Å². The minimum absolute atomic E-state index is 0.122. The van der Waals surface area contributed by atoms with Gasteiger partial charge in [-0.15, -0.1) is 10.2 Å². The van der Waals surface area contributed by atoms with E-state index in [4.69, 9.17) is 18.6 Å². The molecule has 0 amide bonds. The molecule has 11 nitrogen and oxygen atoms in total. The summed E-state index contributed by atoms with van der Waals surface area (Å²) in [7, 11) is 0.565. The number of nitrogens with zero attached hydrogens (tertiary/aromatic N) is 5. The number of ether oxygens (including phenoxy) is 3.